The third kappa shape index (κ3) is 4.94. The molecule has 0 amide bonds. The molecule has 0 aromatic heterocycles. The lowest BCUT2D eigenvalue weighted by molar-refractivity contribution is 0.192. The summed E-state index contributed by atoms with van der Waals surface area (Å²) in [6.45, 7) is 0.118. The van der Waals surface area contributed by atoms with Crippen LogP contribution in [-0.4, -0.2) is 29.0 Å². The highest BCUT2D eigenvalue weighted by molar-refractivity contribution is 5.85. The second-order valence-corrected chi connectivity index (χ2v) is 3.97. The first-order chi connectivity index (χ1) is 7.20. The molecule has 1 aromatic rings. The van der Waals surface area contributed by atoms with Crippen molar-refractivity contribution >= 4 is 12.4 Å². The van der Waals surface area contributed by atoms with Gasteiger partial charge < -0.3 is 15.9 Å². The van der Waals surface area contributed by atoms with Gasteiger partial charge >= 0.3 is 0 Å². The summed E-state index contributed by atoms with van der Waals surface area (Å²) in [6, 6.07) is 9.91. The minimum atomic E-state index is -0.495. The zero-order chi connectivity index (χ0) is 11.1. The number of rotatable bonds is 6. The zero-order valence-electron chi connectivity index (χ0n) is 9.30. The maximum Gasteiger partial charge on any atom is 0.0448 e. The summed E-state index contributed by atoms with van der Waals surface area (Å²) in [4.78, 5) is 0. The molecule has 4 heteroatoms. The van der Waals surface area contributed by atoms with Crippen molar-refractivity contribution in [3.63, 3.8) is 0 Å². The number of aliphatic hydroxyl groups excluding tert-OH is 2. The minimum Gasteiger partial charge on any atom is -0.396 e. The molecular weight excluding hydrogens is 226 g/mol. The molecule has 0 saturated carbocycles. The fraction of sp³-hybridized carbons (Fsp3) is 0.500. The molecule has 0 bridgehead atoms. The van der Waals surface area contributed by atoms with Crippen molar-refractivity contribution in [2.75, 3.05) is 13.2 Å². The molecule has 92 valence electrons. The van der Waals surface area contributed by atoms with Crippen molar-refractivity contribution in [1.29, 1.82) is 0 Å². The standard InChI is InChI=1S/C12H19NO2.ClH/c13-12(6-8-14,7-9-15)10-11-4-2-1-3-5-11;/h1-5,14-15H,6-10,13H2;1H. The molecule has 1 aromatic carbocycles. The molecular formula is C12H20ClNO2. The number of benzene rings is 1. The van der Waals surface area contributed by atoms with Gasteiger partial charge in [0.25, 0.3) is 0 Å². The van der Waals surface area contributed by atoms with Gasteiger partial charge in [0.05, 0.1) is 0 Å². The summed E-state index contributed by atoms with van der Waals surface area (Å²) in [5, 5.41) is 17.9. The fourth-order valence-electron chi connectivity index (χ4n) is 1.75. The van der Waals surface area contributed by atoms with Crippen LogP contribution in [0.5, 0.6) is 0 Å². The number of hydrogen-bond donors (Lipinski definition) is 3. The van der Waals surface area contributed by atoms with Gasteiger partial charge in [0.1, 0.15) is 0 Å². The first kappa shape index (κ1) is 15.4. The Balaban J connectivity index is 0.00000225. The Hall–Kier alpha value is -0.610. The quantitative estimate of drug-likeness (QED) is 0.704. The summed E-state index contributed by atoms with van der Waals surface area (Å²) < 4.78 is 0. The largest absolute Gasteiger partial charge is 0.396 e. The lowest BCUT2D eigenvalue weighted by atomic mass is 9.86. The molecule has 4 N–H and O–H groups in total. The number of halogens is 1. The van der Waals surface area contributed by atoms with Crippen molar-refractivity contribution in [2.45, 2.75) is 24.8 Å². The van der Waals surface area contributed by atoms with E-state index in [9.17, 15) is 0 Å². The molecule has 0 aliphatic heterocycles. The molecule has 0 fully saturated rings. The molecule has 0 heterocycles. The van der Waals surface area contributed by atoms with Crippen LogP contribution in [0.15, 0.2) is 30.3 Å². The lowest BCUT2D eigenvalue weighted by Crippen LogP contribution is -2.43. The Morgan fingerprint density at radius 3 is 1.94 bits per heavy atom. The van der Waals surface area contributed by atoms with Gasteiger partial charge in [-0.25, -0.2) is 0 Å². The summed E-state index contributed by atoms with van der Waals surface area (Å²) in [5.41, 5.74) is 6.78. The molecule has 0 unspecified atom stereocenters. The van der Waals surface area contributed by atoms with E-state index < -0.39 is 5.54 Å². The van der Waals surface area contributed by atoms with E-state index in [1.807, 2.05) is 30.3 Å². The maximum atomic E-state index is 8.94. The van der Waals surface area contributed by atoms with Crippen LogP contribution in [0, 0.1) is 0 Å². The van der Waals surface area contributed by atoms with E-state index in [4.69, 9.17) is 15.9 Å². The Morgan fingerprint density at radius 1 is 1.00 bits per heavy atom. The average molecular weight is 246 g/mol. The SMILES string of the molecule is Cl.NC(CCO)(CCO)Cc1ccccc1. The highest BCUT2D eigenvalue weighted by atomic mass is 35.5. The van der Waals surface area contributed by atoms with Crippen LogP contribution in [-0.2, 0) is 6.42 Å². The van der Waals surface area contributed by atoms with Gasteiger partial charge in [-0.2, -0.15) is 0 Å². The van der Waals surface area contributed by atoms with Gasteiger partial charge in [-0.05, 0) is 24.8 Å². The average Bonchev–Trinajstić information content (AvgIpc) is 2.19. The van der Waals surface area contributed by atoms with Crippen molar-refractivity contribution in [3.8, 4) is 0 Å². The molecule has 0 spiro atoms. The van der Waals surface area contributed by atoms with Crippen molar-refractivity contribution in [3.05, 3.63) is 35.9 Å². The molecule has 0 atom stereocenters. The van der Waals surface area contributed by atoms with E-state index in [1.54, 1.807) is 0 Å². The Bertz CT molecular complexity index is 274. The molecule has 16 heavy (non-hydrogen) atoms. The van der Waals surface area contributed by atoms with Crippen LogP contribution < -0.4 is 5.73 Å². The van der Waals surface area contributed by atoms with E-state index in [-0.39, 0.29) is 25.6 Å². The Labute approximate surface area is 103 Å². The van der Waals surface area contributed by atoms with E-state index in [2.05, 4.69) is 0 Å². The van der Waals surface area contributed by atoms with Gasteiger partial charge in [0, 0.05) is 18.8 Å². The van der Waals surface area contributed by atoms with Crippen LogP contribution in [0.3, 0.4) is 0 Å². The monoisotopic (exact) mass is 245 g/mol. The summed E-state index contributed by atoms with van der Waals surface area (Å²) in [6.07, 6.45) is 1.72. The smallest absolute Gasteiger partial charge is 0.0448 e. The van der Waals surface area contributed by atoms with Crippen LogP contribution in [0.2, 0.25) is 0 Å². The van der Waals surface area contributed by atoms with Crippen LogP contribution in [0.1, 0.15) is 18.4 Å². The number of hydrogen-bond acceptors (Lipinski definition) is 3. The van der Waals surface area contributed by atoms with E-state index in [0.29, 0.717) is 19.3 Å². The first-order valence-electron chi connectivity index (χ1n) is 5.25. The van der Waals surface area contributed by atoms with Crippen molar-refractivity contribution in [1.82, 2.24) is 0 Å². The van der Waals surface area contributed by atoms with Gasteiger partial charge in [0.2, 0.25) is 0 Å². The molecule has 0 aliphatic carbocycles. The van der Waals surface area contributed by atoms with Gasteiger partial charge in [0.15, 0.2) is 0 Å². The third-order valence-corrected chi connectivity index (χ3v) is 2.62. The second-order valence-electron chi connectivity index (χ2n) is 3.97. The van der Waals surface area contributed by atoms with Crippen LogP contribution >= 0.6 is 12.4 Å². The topological polar surface area (TPSA) is 66.5 Å². The van der Waals surface area contributed by atoms with Gasteiger partial charge in [-0.15, -0.1) is 12.4 Å². The maximum absolute atomic E-state index is 8.94. The molecule has 0 aliphatic rings. The molecule has 1 rings (SSSR count). The summed E-state index contributed by atoms with van der Waals surface area (Å²) in [5.74, 6) is 0. The minimum absolute atomic E-state index is 0. The van der Waals surface area contributed by atoms with Gasteiger partial charge in [-0.1, -0.05) is 30.3 Å². The van der Waals surface area contributed by atoms with Gasteiger partial charge in [-0.3, -0.25) is 0 Å². The Kier molecular flexibility index (Phi) is 7.34. The molecule has 0 radical (unpaired) electrons. The number of nitrogens with two attached hydrogens (primary N) is 1. The van der Waals surface area contributed by atoms with Crippen LogP contribution in [0.25, 0.3) is 0 Å². The van der Waals surface area contributed by atoms with Crippen molar-refractivity contribution in [2.24, 2.45) is 5.73 Å². The third-order valence-electron chi connectivity index (χ3n) is 2.62. The van der Waals surface area contributed by atoms with Crippen LogP contribution in [0.4, 0.5) is 0 Å². The number of aliphatic hydroxyl groups is 2. The zero-order valence-corrected chi connectivity index (χ0v) is 10.1. The second kappa shape index (κ2) is 7.63. The summed E-state index contributed by atoms with van der Waals surface area (Å²) >= 11 is 0. The molecule has 3 nitrogen and oxygen atoms in total. The lowest BCUT2D eigenvalue weighted by Gasteiger charge is -2.28. The fourth-order valence-corrected chi connectivity index (χ4v) is 1.75. The Morgan fingerprint density at radius 2 is 1.50 bits per heavy atom. The van der Waals surface area contributed by atoms with Crippen molar-refractivity contribution < 1.29 is 10.2 Å². The van der Waals surface area contributed by atoms with E-state index in [1.165, 1.54) is 0 Å². The first-order valence-corrected chi connectivity index (χ1v) is 5.25. The predicted octanol–water partition coefficient (Wildman–Crippen LogP) is 1.11. The highest BCUT2D eigenvalue weighted by Crippen LogP contribution is 2.18. The normalized spacial score (nSPS) is 10.9. The summed E-state index contributed by atoms with van der Waals surface area (Å²) in [7, 11) is 0. The highest BCUT2D eigenvalue weighted by Gasteiger charge is 2.23. The predicted molar refractivity (Wildman–Crippen MR) is 67.7 cm³/mol. The van der Waals surface area contributed by atoms with E-state index >= 15 is 0 Å². The van der Waals surface area contributed by atoms with E-state index in [0.717, 1.165) is 5.56 Å². The molecule has 0 saturated heterocycles.